The number of nitrogens with one attached hydrogen (secondary N) is 1. The van der Waals surface area contributed by atoms with Gasteiger partial charge in [0.15, 0.2) is 0 Å². The van der Waals surface area contributed by atoms with Gasteiger partial charge < -0.3 is 10.2 Å². The van der Waals surface area contributed by atoms with Crippen LogP contribution >= 0.6 is 11.3 Å². The molecule has 0 unspecified atom stereocenters. The van der Waals surface area contributed by atoms with Gasteiger partial charge in [0.05, 0.1) is 16.7 Å². The quantitative estimate of drug-likeness (QED) is 0.731. The summed E-state index contributed by atoms with van der Waals surface area (Å²) in [5.41, 5.74) is 2.11. The smallest absolute Gasteiger partial charge is 0.317 e. The lowest BCUT2D eigenvalue weighted by atomic mass is 10.1. The van der Waals surface area contributed by atoms with Crippen LogP contribution in [0.4, 0.5) is 4.79 Å². The highest BCUT2D eigenvalue weighted by Gasteiger charge is 2.17. The Kier molecular flexibility index (Phi) is 5.04. The molecule has 3 aromatic rings. The van der Waals surface area contributed by atoms with Gasteiger partial charge in [-0.15, -0.1) is 11.3 Å². The van der Waals surface area contributed by atoms with Crippen LogP contribution < -0.4 is 5.32 Å². The Balaban J connectivity index is 1.66. The summed E-state index contributed by atoms with van der Waals surface area (Å²) in [5.74, 6) is 0. The lowest BCUT2D eigenvalue weighted by Crippen LogP contribution is -2.38. The lowest BCUT2D eigenvalue weighted by molar-refractivity contribution is 0.203. The molecule has 0 aliphatic carbocycles. The topological polar surface area (TPSA) is 45.2 Å². The molecular weight excluding hydrogens is 330 g/mol. The molecule has 5 heteroatoms. The molecule has 0 radical (unpaired) electrons. The van der Waals surface area contributed by atoms with Gasteiger partial charge in [0.2, 0.25) is 0 Å². The average molecular weight is 353 g/mol. The van der Waals surface area contributed by atoms with E-state index in [0.29, 0.717) is 6.54 Å². The molecule has 2 amide bonds. The highest BCUT2D eigenvalue weighted by atomic mass is 32.1. The molecule has 0 aliphatic rings. The molecule has 0 bridgehead atoms. The van der Waals surface area contributed by atoms with Gasteiger partial charge in [0.1, 0.15) is 0 Å². The maximum Gasteiger partial charge on any atom is 0.317 e. The van der Waals surface area contributed by atoms with Crippen LogP contribution in [0.3, 0.4) is 0 Å². The standard InChI is InChI=1S/C20H23N3OS/c1-13-19(25-15(3)21-13)14(2)22-20(24)23(4)12-16-9-10-17-7-5-6-8-18(17)11-16/h5-11,14H,12H2,1-4H3,(H,22,24)/t14-/m0/s1. The van der Waals surface area contributed by atoms with Gasteiger partial charge in [-0.05, 0) is 43.2 Å². The first-order chi connectivity index (χ1) is 11.9. The van der Waals surface area contributed by atoms with Crippen LogP contribution in [0.2, 0.25) is 0 Å². The second-order valence-electron chi connectivity index (χ2n) is 6.39. The summed E-state index contributed by atoms with van der Waals surface area (Å²) in [6.45, 7) is 6.55. The van der Waals surface area contributed by atoms with E-state index in [1.54, 1.807) is 16.2 Å². The van der Waals surface area contributed by atoms with Gasteiger partial charge in [0, 0.05) is 18.5 Å². The van der Waals surface area contributed by atoms with E-state index < -0.39 is 0 Å². The van der Waals surface area contributed by atoms with Crippen molar-refractivity contribution >= 4 is 28.1 Å². The third-order valence-corrected chi connectivity index (χ3v) is 5.51. The van der Waals surface area contributed by atoms with Crippen LogP contribution in [0.25, 0.3) is 10.8 Å². The molecule has 0 saturated carbocycles. The Morgan fingerprint density at radius 1 is 1.20 bits per heavy atom. The number of hydrogen-bond donors (Lipinski definition) is 1. The number of rotatable bonds is 4. The minimum atomic E-state index is -0.0777. The molecule has 3 rings (SSSR count). The second kappa shape index (κ2) is 7.23. The van der Waals surface area contributed by atoms with Crippen molar-refractivity contribution in [2.24, 2.45) is 0 Å². The van der Waals surface area contributed by atoms with Crippen LogP contribution in [0.1, 0.15) is 34.1 Å². The van der Waals surface area contributed by atoms with E-state index in [0.717, 1.165) is 21.1 Å². The van der Waals surface area contributed by atoms with Crippen LogP contribution in [0.5, 0.6) is 0 Å². The number of carbonyl (C=O) groups is 1. The number of fused-ring (bicyclic) bond motifs is 1. The van der Waals surface area contributed by atoms with Gasteiger partial charge in [-0.2, -0.15) is 0 Å². The summed E-state index contributed by atoms with van der Waals surface area (Å²) in [5, 5.41) is 6.49. The first kappa shape index (κ1) is 17.4. The molecule has 0 spiro atoms. The molecule has 4 nitrogen and oxygen atoms in total. The van der Waals surface area contributed by atoms with Gasteiger partial charge in [-0.3, -0.25) is 0 Å². The first-order valence-electron chi connectivity index (χ1n) is 8.37. The average Bonchev–Trinajstić information content (AvgIpc) is 2.93. The number of aromatic nitrogens is 1. The maximum atomic E-state index is 12.5. The van der Waals surface area contributed by atoms with Crippen molar-refractivity contribution in [3.05, 3.63) is 63.6 Å². The molecule has 1 N–H and O–H groups in total. The molecule has 2 aromatic carbocycles. The predicted octanol–water partition coefficient (Wildman–Crippen LogP) is 4.82. The highest BCUT2D eigenvalue weighted by Crippen LogP contribution is 2.24. The van der Waals surface area contributed by atoms with Crippen LogP contribution in [0.15, 0.2) is 42.5 Å². The van der Waals surface area contributed by atoms with Gasteiger partial charge in [0.25, 0.3) is 0 Å². The molecule has 1 atom stereocenters. The summed E-state index contributed by atoms with van der Waals surface area (Å²) in [6.07, 6.45) is 0. The Morgan fingerprint density at radius 3 is 2.60 bits per heavy atom. The Morgan fingerprint density at radius 2 is 1.92 bits per heavy atom. The van der Waals surface area contributed by atoms with Crippen molar-refractivity contribution in [3.63, 3.8) is 0 Å². The number of nitrogens with zero attached hydrogens (tertiary/aromatic N) is 2. The molecule has 0 aliphatic heterocycles. The molecule has 130 valence electrons. The number of thiazole rings is 1. The molecule has 1 heterocycles. The van der Waals surface area contributed by atoms with Gasteiger partial charge >= 0.3 is 6.03 Å². The van der Waals surface area contributed by atoms with Gasteiger partial charge in [-0.1, -0.05) is 36.4 Å². The fourth-order valence-corrected chi connectivity index (χ4v) is 3.92. The predicted molar refractivity (Wildman–Crippen MR) is 104 cm³/mol. The summed E-state index contributed by atoms with van der Waals surface area (Å²) in [7, 11) is 1.82. The fraction of sp³-hybridized carbons (Fsp3) is 0.300. The molecule has 0 fully saturated rings. The SMILES string of the molecule is Cc1nc(C)c([C@H](C)NC(=O)N(C)Cc2ccc3ccccc3c2)s1. The summed E-state index contributed by atoms with van der Waals surface area (Å²) in [6, 6.07) is 14.4. The number of urea groups is 1. The maximum absolute atomic E-state index is 12.5. The third kappa shape index (κ3) is 3.99. The molecule has 0 saturated heterocycles. The monoisotopic (exact) mass is 353 g/mol. The van der Waals surface area contributed by atoms with Gasteiger partial charge in [-0.25, -0.2) is 9.78 Å². The zero-order valence-corrected chi connectivity index (χ0v) is 15.9. The Hall–Kier alpha value is -2.40. The third-order valence-electron chi connectivity index (χ3n) is 4.25. The van der Waals surface area contributed by atoms with E-state index in [4.69, 9.17) is 0 Å². The van der Waals surface area contributed by atoms with E-state index in [9.17, 15) is 4.79 Å². The lowest BCUT2D eigenvalue weighted by Gasteiger charge is -2.21. The largest absolute Gasteiger partial charge is 0.331 e. The van der Waals surface area contributed by atoms with E-state index in [-0.39, 0.29) is 12.1 Å². The zero-order chi connectivity index (χ0) is 18.0. The van der Waals surface area contributed by atoms with E-state index >= 15 is 0 Å². The number of amides is 2. The minimum absolute atomic E-state index is 0.0437. The van der Waals surface area contributed by atoms with Crippen LogP contribution in [-0.4, -0.2) is 23.0 Å². The van der Waals surface area contributed by atoms with Crippen molar-refractivity contribution in [1.82, 2.24) is 15.2 Å². The second-order valence-corrected chi connectivity index (χ2v) is 7.63. The zero-order valence-electron chi connectivity index (χ0n) is 15.0. The number of benzene rings is 2. The first-order valence-corrected chi connectivity index (χ1v) is 9.19. The van der Waals surface area contributed by atoms with E-state index in [1.807, 2.05) is 40.0 Å². The minimum Gasteiger partial charge on any atom is -0.331 e. The van der Waals surface area contributed by atoms with Crippen LogP contribution in [-0.2, 0) is 6.54 Å². The van der Waals surface area contributed by atoms with Crippen molar-refractivity contribution in [3.8, 4) is 0 Å². The summed E-state index contributed by atoms with van der Waals surface area (Å²) >= 11 is 1.64. The van der Waals surface area contributed by atoms with Crippen molar-refractivity contribution < 1.29 is 4.79 Å². The van der Waals surface area contributed by atoms with E-state index in [2.05, 4.69) is 40.6 Å². The number of aryl methyl sites for hydroxylation is 2. The normalized spacial score (nSPS) is 12.2. The van der Waals surface area contributed by atoms with Crippen LogP contribution in [0, 0.1) is 13.8 Å². The number of carbonyl (C=O) groups excluding carboxylic acids is 1. The molecule has 1 aromatic heterocycles. The van der Waals surface area contributed by atoms with E-state index in [1.165, 1.54) is 10.8 Å². The Bertz CT molecular complexity index is 903. The molecular formula is C20H23N3OS. The van der Waals surface area contributed by atoms with Crippen molar-refractivity contribution in [1.29, 1.82) is 0 Å². The number of hydrogen-bond acceptors (Lipinski definition) is 3. The molecule has 25 heavy (non-hydrogen) atoms. The highest BCUT2D eigenvalue weighted by molar-refractivity contribution is 7.11. The fourth-order valence-electron chi connectivity index (χ4n) is 2.99. The van der Waals surface area contributed by atoms with Crippen molar-refractivity contribution in [2.45, 2.75) is 33.4 Å². The van der Waals surface area contributed by atoms with Crippen molar-refractivity contribution in [2.75, 3.05) is 7.05 Å². The summed E-state index contributed by atoms with van der Waals surface area (Å²) in [4.78, 5) is 19.8. The summed E-state index contributed by atoms with van der Waals surface area (Å²) < 4.78 is 0. The Labute approximate surface area is 152 Å².